The molecule has 16 heteroatoms. The topological polar surface area (TPSA) is 289 Å². The van der Waals surface area contributed by atoms with Crippen molar-refractivity contribution in [2.75, 3.05) is 0 Å². The van der Waals surface area contributed by atoms with Crippen molar-refractivity contribution in [3.8, 4) is 46.0 Å². The molecule has 52 heavy (non-hydrogen) atoms. The first-order chi connectivity index (χ1) is 24.5. The van der Waals surface area contributed by atoms with Crippen molar-refractivity contribution in [1.82, 2.24) is 0 Å². The van der Waals surface area contributed by atoms with Gasteiger partial charge in [-0.05, 0) is 82.4 Å². The molecule has 5 rings (SSSR count). The zero-order valence-electron chi connectivity index (χ0n) is 26.6. The highest BCUT2D eigenvalue weighted by Gasteiger charge is 2.45. The fraction of sp³-hybridized carbons (Fsp3) is 0.167. The second kappa shape index (κ2) is 14.4. The molecule has 4 aromatic rings. The van der Waals surface area contributed by atoms with Crippen LogP contribution in [0.4, 0.5) is 0 Å². The number of carboxylic acid groups (broad SMARTS) is 2. The highest BCUT2D eigenvalue weighted by atomic mass is 16.6. The summed E-state index contributed by atoms with van der Waals surface area (Å²) >= 11 is 0. The molecule has 0 saturated carbocycles. The van der Waals surface area contributed by atoms with Gasteiger partial charge in [0, 0.05) is 18.8 Å². The number of benzene rings is 4. The highest BCUT2D eigenvalue weighted by molar-refractivity contribution is 6.03. The van der Waals surface area contributed by atoms with Gasteiger partial charge in [0.05, 0.1) is 11.5 Å². The largest absolute Gasteiger partial charge is 0.504 e. The van der Waals surface area contributed by atoms with Gasteiger partial charge in [-0.3, -0.25) is 4.79 Å². The number of rotatable bonds is 11. The molecule has 0 aliphatic heterocycles. The van der Waals surface area contributed by atoms with Crippen molar-refractivity contribution in [2.45, 2.75) is 31.0 Å². The molecule has 0 radical (unpaired) electrons. The molecule has 4 atom stereocenters. The maximum atomic E-state index is 14.2. The van der Waals surface area contributed by atoms with E-state index in [0.717, 1.165) is 54.6 Å². The lowest BCUT2D eigenvalue weighted by atomic mass is 9.71. The van der Waals surface area contributed by atoms with Crippen molar-refractivity contribution >= 4 is 30.0 Å². The van der Waals surface area contributed by atoms with Crippen LogP contribution in [0, 0.1) is 5.92 Å². The van der Waals surface area contributed by atoms with E-state index >= 15 is 0 Å². The van der Waals surface area contributed by atoms with Gasteiger partial charge in [0.1, 0.15) is 0 Å². The van der Waals surface area contributed by atoms with Crippen molar-refractivity contribution in [3.05, 3.63) is 100 Å². The Kier molecular flexibility index (Phi) is 10.0. The predicted molar refractivity (Wildman–Crippen MR) is 175 cm³/mol. The number of phenols is 8. The van der Waals surface area contributed by atoms with Crippen LogP contribution in [-0.4, -0.2) is 87.2 Å². The highest BCUT2D eigenvalue weighted by Crippen LogP contribution is 2.48. The molecule has 270 valence electrons. The standard InChI is InChI=1S/C36H30O16/c37-21-4-1-15(7-24(21)40)9-29(33(45)46)51-35(49)20-11-18-13-27(43)28(44)14-19(18)31(17-3-6-23(39)26(42)12-17)32(20)36(50)52-30(34(47)48)10-16-2-5-22(38)25(41)8-16/h1-8,11-14,29-32,37-44H,9-10H2,(H,45,46)(H,47,48)/t29-,30-,31-,32-/m0/s1. The number of esters is 2. The van der Waals surface area contributed by atoms with Crippen LogP contribution >= 0.6 is 0 Å². The number of aromatic hydroxyl groups is 8. The third-order valence-electron chi connectivity index (χ3n) is 8.32. The number of phenolic OH excluding ortho intramolecular Hbond substituents is 8. The number of hydrogen-bond acceptors (Lipinski definition) is 14. The number of ether oxygens (including phenoxy) is 2. The predicted octanol–water partition coefficient (Wildman–Crippen LogP) is 2.95. The zero-order chi connectivity index (χ0) is 38.0. The van der Waals surface area contributed by atoms with Crippen LogP contribution in [0.1, 0.15) is 33.7 Å². The van der Waals surface area contributed by atoms with E-state index in [1.165, 1.54) is 18.2 Å². The summed E-state index contributed by atoms with van der Waals surface area (Å²) in [5.74, 6) is -14.2. The summed E-state index contributed by atoms with van der Waals surface area (Å²) in [5, 5.41) is 100. The smallest absolute Gasteiger partial charge is 0.345 e. The SMILES string of the molecule is O=C(O[C@@H](Cc1ccc(O)c(O)c1)C(=O)O)C1=Cc2cc(O)c(O)cc2[C@H](c2ccc(O)c(O)c2)[C@H]1C(=O)O[C@@H](Cc1ccc(O)c(O)c1)C(=O)O. The van der Waals surface area contributed by atoms with Crippen molar-refractivity contribution in [2.24, 2.45) is 5.92 Å². The van der Waals surface area contributed by atoms with E-state index in [4.69, 9.17) is 9.47 Å². The summed E-state index contributed by atoms with van der Waals surface area (Å²) in [5.41, 5.74) is -0.309. The Labute approximate surface area is 292 Å². The van der Waals surface area contributed by atoms with E-state index in [1.54, 1.807) is 0 Å². The molecular formula is C36H30O16. The summed E-state index contributed by atoms with van der Waals surface area (Å²) in [6, 6.07) is 12.1. The van der Waals surface area contributed by atoms with E-state index in [-0.39, 0.29) is 27.8 Å². The van der Waals surface area contributed by atoms with Crippen molar-refractivity contribution in [1.29, 1.82) is 0 Å². The van der Waals surface area contributed by atoms with Crippen LogP contribution in [0.5, 0.6) is 46.0 Å². The maximum absolute atomic E-state index is 14.2. The van der Waals surface area contributed by atoms with Gasteiger partial charge < -0.3 is 60.5 Å². The Morgan fingerprint density at radius 2 is 1.02 bits per heavy atom. The van der Waals surface area contributed by atoms with E-state index in [0.29, 0.717) is 0 Å². The van der Waals surface area contributed by atoms with Gasteiger partial charge in [-0.2, -0.15) is 0 Å². The molecule has 1 aliphatic rings. The lowest BCUT2D eigenvalue weighted by molar-refractivity contribution is -0.168. The quantitative estimate of drug-likeness (QED) is 0.0788. The zero-order valence-corrected chi connectivity index (χ0v) is 26.6. The van der Waals surface area contributed by atoms with Crippen LogP contribution in [-0.2, 0) is 41.5 Å². The molecule has 0 spiro atoms. The molecule has 16 nitrogen and oxygen atoms in total. The second-order valence-electron chi connectivity index (χ2n) is 11.8. The molecule has 0 saturated heterocycles. The number of carbonyl (C=O) groups excluding carboxylic acids is 2. The van der Waals surface area contributed by atoms with Gasteiger partial charge >= 0.3 is 23.9 Å². The van der Waals surface area contributed by atoms with Gasteiger partial charge in [0.15, 0.2) is 46.0 Å². The summed E-state index contributed by atoms with van der Waals surface area (Å²) in [6.45, 7) is 0. The third-order valence-corrected chi connectivity index (χ3v) is 8.32. The molecule has 1 aliphatic carbocycles. The fourth-order valence-electron chi connectivity index (χ4n) is 5.76. The normalized spacial score (nSPS) is 16.1. The Balaban J connectivity index is 1.61. The van der Waals surface area contributed by atoms with Gasteiger partial charge in [-0.25, -0.2) is 14.4 Å². The molecule has 0 aromatic heterocycles. The van der Waals surface area contributed by atoms with Gasteiger partial charge in [-0.1, -0.05) is 18.2 Å². The Bertz CT molecular complexity index is 2120. The molecule has 0 unspecified atom stereocenters. The molecule has 10 N–H and O–H groups in total. The molecule has 0 fully saturated rings. The summed E-state index contributed by atoms with van der Waals surface area (Å²) in [4.78, 5) is 52.7. The summed E-state index contributed by atoms with van der Waals surface area (Å²) in [6.07, 6.45) is -3.95. The molecule has 0 bridgehead atoms. The first-order valence-electron chi connectivity index (χ1n) is 15.2. The minimum atomic E-state index is -1.97. The van der Waals surface area contributed by atoms with E-state index in [2.05, 4.69) is 0 Å². The monoisotopic (exact) mass is 718 g/mol. The van der Waals surface area contributed by atoms with Gasteiger partial charge in [-0.15, -0.1) is 0 Å². The lowest BCUT2D eigenvalue weighted by Gasteiger charge is -2.33. The molecular weight excluding hydrogens is 688 g/mol. The lowest BCUT2D eigenvalue weighted by Crippen LogP contribution is -2.39. The van der Waals surface area contributed by atoms with Crippen LogP contribution in [0.3, 0.4) is 0 Å². The average Bonchev–Trinajstić information content (AvgIpc) is 3.08. The van der Waals surface area contributed by atoms with Crippen LogP contribution in [0.25, 0.3) is 6.08 Å². The summed E-state index contributed by atoms with van der Waals surface area (Å²) < 4.78 is 10.8. The number of fused-ring (bicyclic) bond motifs is 1. The Morgan fingerprint density at radius 1 is 0.558 bits per heavy atom. The van der Waals surface area contributed by atoms with E-state index in [1.807, 2.05) is 0 Å². The molecule has 0 amide bonds. The minimum absolute atomic E-state index is 0.00618. The first-order valence-corrected chi connectivity index (χ1v) is 15.2. The van der Waals surface area contributed by atoms with Gasteiger partial charge in [0.2, 0.25) is 12.2 Å². The minimum Gasteiger partial charge on any atom is -0.504 e. The van der Waals surface area contributed by atoms with Crippen LogP contribution in [0.15, 0.2) is 72.3 Å². The first kappa shape index (κ1) is 36.2. The Morgan fingerprint density at radius 3 is 1.52 bits per heavy atom. The second-order valence-corrected chi connectivity index (χ2v) is 11.8. The number of aliphatic carboxylic acids is 2. The summed E-state index contributed by atoms with van der Waals surface area (Å²) in [7, 11) is 0. The number of hydrogen-bond donors (Lipinski definition) is 10. The van der Waals surface area contributed by atoms with E-state index in [9.17, 15) is 70.2 Å². The Hall–Kier alpha value is -7.10. The van der Waals surface area contributed by atoms with Gasteiger partial charge in [0.25, 0.3) is 0 Å². The van der Waals surface area contributed by atoms with Crippen LogP contribution < -0.4 is 0 Å². The average molecular weight is 719 g/mol. The third kappa shape index (κ3) is 7.55. The van der Waals surface area contributed by atoms with Crippen molar-refractivity contribution in [3.63, 3.8) is 0 Å². The fourth-order valence-corrected chi connectivity index (χ4v) is 5.76. The number of carboxylic acids is 2. The maximum Gasteiger partial charge on any atom is 0.345 e. The number of carbonyl (C=O) groups is 4. The molecule has 0 heterocycles. The van der Waals surface area contributed by atoms with E-state index < -0.39 is 112 Å². The molecule has 4 aromatic carbocycles. The van der Waals surface area contributed by atoms with Crippen LogP contribution in [0.2, 0.25) is 0 Å². The van der Waals surface area contributed by atoms with Crippen molar-refractivity contribution < 1.29 is 79.7 Å².